The first kappa shape index (κ1) is 58.1. The Balaban J connectivity index is 0.883. The van der Waals surface area contributed by atoms with Crippen LogP contribution in [0.3, 0.4) is 0 Å². The van der Waals surface area contributed by atoms with Crippen molar-refractivity contribution in [3.05, 3.63) is 114 Å². The molecule has 0 spiro atoms. The van der Waals surface area contributed by atoms with E-state index in [4.69, 9.17) is 31.6 Å². The number of rotatable bonds is 24. The molecule has 0 saturated carbocycles. The van der Waals surface area contributed by atoms with Gasteiger partial charge >= 0.3 is 0 Å². The van der Waals surface area contributed by atoms with Gasteiger partial charge in [0.1, 0.15) is 35.6 Å². The minimum Gasteiger partial charge on any atom is -0.380 e. The lowest BCUT2D eigenvalue weighted by molar-refractivity contribution is -0.144. The molecule has 5 atom stereocenters. The van der Waals surface area contributed by atoms with E-state index >= 15 is 0 Å². The van der Waals surface area contributed by atoms with E-state index < -0.39 is 47.4 Å². The van der Waals surface area contributed by atoms with E-state index in [0.29, 0.717) is 42.5 Å². The van der Waals surface area contributed by atoms with Crippen LogP contribution in [0.4, 0.5) is 0 Å². The third-order valence-corrected chi connectivity index (χ3v) is 16.0. The Hall–Kier alpha value is -6.55. The molecule has 2 aromatic carbocycles. The number of thiazole rings is 1. The zero-order valence-corrected chi connectivity index (χ0v) is 47.2. The van der Waals surface area contributed by atoms with Gasteiger partial charge in [0.05, 0.1) is 40.9 Å². The Kier molecular flexibility index (Phi) is 20.1. The van der Waals surface area contributed by atoms with Gasteiger partial charge in [-0.15, -0.1) is 32.9 Å². The van der Waals surface area contributed by atoms with E-state index in [9.17, 15) is 24.0 Å². The van der Waals surface area contributed by atoms with Crippen LogP contribution in [-0.4, -0.2) is 124 Å². The normalized spacial score (nSPS) is 16.8. The standard InChI is InChI=1S/C54H68ClN13O7S2/c1-31-34(4)77-53-46(31)47(37-17-19-39(55)20-18-37)62-41(50-65-64-35(5)68(50)53)27-44(70)57-22-25-74-23-11-24-75-29-45(71)63-49(54(6,7)8)52(73)67-28-40(61-43(69)12-9-10-21-59-66-56)26-42(67)51(72)60-32(2)36-13-15-38(16-14-36)48-33(3)58-30-76-48/h13-20,30,32,40-42,49H,9-12,21-29H2,1-8H3,(H,57,70)(H,60,72)(H,61,69)(H,63,71)/t32?,40-,41+,42+,49?/m1/s1. The van der Waals surface area contributed by atoms with Crippen molar-refractivity contribution in [3.8, 4) is 15.4 Å². The smallest absolute Gasteiger partial charge is 0.246 e. The summed E-state index contributed by atoms with van der Waals surface area (Å²) in [6, 6.07) is 11.9. The number of unbranched alkanes of at least 4 members (excludes halogenated alkanes) is 1. The summed E-state index contributed by atoms with van der Waals surface area (Å²) < 4.78 is 13.5. The molecule has 0 radical (unpaired) electrons. The molecule has 23 heteroatoms. The van der Waals surface area contributed by atoms with E-state index in [0.717, 1.165) is 54.0 Å². The van der Waals surface area contributed by atoms with Gasteiger partial charge in [-0.1, -0.05) is 73.9 Å². The first-order valence-corrected chi connectivity index (χ1v) is 27.9. The number of nitrogens with zero attached hydrogens (tertiary/aromatic N) is 9. The van der Waals surface area contributed by atoms with Crippen molar-refractivity contribution < 1.29 is 33.4 Å². The Morgan fingerprint density at radius 2 is 1.64 bits per heavy atom. The number of carbonyl (C=O) groups excluding carboxylic acids is 5. The Bertz CT molecular complexity index is 2980. The van der Waals surface area contributed by atoms with Crippen molar-refractivity contribution in [2.45, 2.75) is 124 Å². The SMILES string of the molecule is Cc1ncsc1-c1ccc(C(C)NC(=O)[C@@H]2C[C@@H](NC(=O)CCCCN=[N+]=[N-])CN2C(=O)C(NC(=O)COCCCOCCNC(=O)C[C@@H]2N=C(c3ccc(Cl)cc3)c3c(sc(C)c3C)-n3c(C)nnc32)C(C)(C)C)cc1. The van der Waals surface area contributed by atoms with Crippen LogP contribution in [0.15, 0.2) is 64.1 Å². The Morgan fingerprint density at radius 1 is 0.909 bits per heavy atom. The second-order valence-electron chi connectivity index (χ2n) is 20.4. The zero-order chi connectivity index (χ0) is 55.4. The number of aryl methyl sites for hydroxylation is 3. The number of likely N-dealkylation sites (tertiary alicyclic amines) is 1. The van der Waals surface area contributed by atoms with Gasteiger partial charge in [-0.25, -0.2) is 4.98 Å². The number of benzene rings is 2. The molecular weight excluding hydrogens is 1040 g/mol. The second-order valence-corrected chi connectivity index (χ2v) is 22.9. The van der Waals surface area contributed by atoms with Crippen molar-refractivity contribution in [1.82, 2.24) is 45.9 Å². The maximum atomic E-state index is 14.6. The molecule has 4 N–H and O–H groups in total. The number of hydrogen-bond acceptors (Lipinski definition) is 14. The van der Waals surface area contributed by atoms with Gasteiger partial charge < -0.3 is 35.6 Å². The monoisotopic (exact) mass is 1110 g/mol. The molecule has 2 unspecified atom stereocenters. The number of fused-ring (bicyclic) bond motifs is 3. The number of aliphatic imine (C=N–C) groups is 1. The third-order valence-electron chi connectivity index (χ3n) is 13.5. The topological polar surface area (TPSA) is 260 Å². The molecule has 20 nitrogen and oxygen atoms in total. The quantitative estimate of drug-likeness (QED) is 0.0200. The average Bonchev–Trinajstić information content (AvgIpc) is 4.34. The summed E-state index contributed by atoms with van der Waals surface area (Å²) >= 11 is 9.45. The van der Waals surface area contributed by atoms with Crippen LogP contribution in [-0.2, 0) is 33.4 Å². The number of amides is 5. The molecule has 3 aromatic heterocycles. The average molecular weight is 1110 g/mol. The number of azide groups is 1. The Labute approximate surface area is 461 Å². The molecule has 5 amide bonds. The fraction of sp³-hybridized carbons (Fsp3) is 0.500. The van der Waals surface area contributed by atoms with Gasteiger partial charge in [0, 0.05) is 71.2 Å². The molecule has 2 aliphatic rings. The minimum absolute atomic E-state index is 0.0414. The van der Waals surface area contributed by atoms with Gasteiger partial charge in [-0.05, 0) is 100 Å². The van der Waals surface area contributed by atoms with E-state index in [2.05, 4.69) is 60.3 Å². The number of aromatic nitrogens is 4. The number of ether oxygens (including phenoxy) is 2. The van der Waals surface area contributed by atoms with Crippen molar-refractivity contribution in [2.75, 3.05) is 46.1 Å². The van der Waals surface area contributed by atoms with Crippen LogP contribution in [0.2, 0.25) is 5.02 Å². The largest absolute Gasteiger partial charge is 0.380 e. The van der Waals surface area contributed by atoms with Crippen LogP contribution < -0.4 is 21.3 Å². The highest BCUT2D eigenvalue weighted by Crippen LogP contribution is 2.40. The lowest BCUT2D eigenvalue weighted by Crippen LogP contribution is -2.58. The molecule has 77 heavy (non-hydrogen) atoms. The summed E-state index contributed by atoms with van der Waals surface area (Å²) in [4.78, 5) is 84.5. The maximum Gasteiger partial charge on any atom is 0.246 e. The molecule has 1 saturated heterocycles. The summed E-state index contributed by atoms with van der Waals surface area (Å²) in [5.74, 6) is -0.520. The number of carbonyl (C=O) groups is 5. The fourth-order valence-corrected chi connectivity index (χ4v) is 11.5. The van der Waals surface area contributed by atoms with Gasteiger partial charge in [-0.2, -0.15) is 0 Å². The van der Waals surface area contributed by atoms with E-state index in [1.54, 1.807) is 28.2 Å². The van der Waals surface area contributed by atoms with Gasteiger partial charge in [0.25, 0.3) is 0 Å². The molecule has 5 aromatic rings. The van der Waals surface area contributed by atoms with Crippen LogP contribution >= 0.6 is 34.3 Å². The highest BCUT2D eigenvalue weighted by atomic mass is 35.5. The van der Waals surface area contributed by atoms with E-state index in [1.807, 2.05) is 94.6 Å². The predicted molar refractivity (Wildman–Crippen MR) is 297 cm³/mol. The highest BCUT2D eigenvalue weighted by molar-refractivity contribution is 7.15. The van der Waals surface area contributed by atoms with Crippen molar-refractivity contribution >= 4 is 69.5 Å². The lowest BCUT2D eigenvalue weighted by atomic mass is 9.85. The minimum atomic E-state index is -1.03. The summed E-state index contributed by atoms with van der Waals surface area (Å²) in [6.45, 7) is 16.4. The second kappa shape index (κ2) is 26.7. The fourth-order valence-electron chi connectivity index (χ4n) is 9.33. The van der Waals surface area contributed by atoms with Crippen molar-refractivity contribution in [2.24, 2.45) is 15.5 Å². The first-order valence-electron chi connectivity index (χ1n) is 25.8. The molecule has 0 bridgehead atoms. The molecule has 1 fully saturated rings. The predicted octanol–water partition coefficient (Wildman–Crippen LogP) is 8.14. The van der Waals surface area contributed by atoms with Gasteiger partial charge in [-0.3, -0.25) is 33.5 Å². The lowest BCUT2D eigenvalue weighted by Gasteiger charge is -2.35. The summed E-state index contributed by atoms with van der Waals surface area (Å²) in [5, 5.41) is 25.8. The van der Waals surface area contributed by atoms with E-state index in [-0.39, 0.29) is 76.4 Å². The number of nitrogens with one attached hydrogen (secondary N) is 4. The molecule has 0 aliphatic carbocycles. The summed E-state index contributed by atoms with van der Waals surface area (Å²) in [6.07, 6.45) is 1.92. The number of halogens is 1. The maximum absolute atomic E-state index is 14.6. The Morgan fingerprint density at radius 3 is 2.34 bits per heavy atom. The third kappa shape index (κ3) is 14.9. The highest BCUT2D eigenvalue weighted by Gasteiger charge is 2.45. The van der Waals surface area contributed by atoms with Crippen LogP contribution in [0.5, 0.6) is 0 Å². The molecular formula is C54H68ClN13O7S2. The zero-order valence-electron chi connectivity index (χ0n) is 44.9. The van der Waals surface area contributed by atoms with Crippen molar-refractivity contribution in [1.29, 1.82) is 0 Å². The van der Waals surface area contributed by atoms with Crippen LogP contribution in [0, 0.1) is 33.1 Å². The van der Waals surface area contributed by atoms with Crippen molar-refractivity contribution in [3.63, 3.8) is 0 Å². The summed E-state index contributed by atoms with van der Waals surface area (Å²) in [5.41, 5.74) is 16.2. The summed E-state index contributed by atoms with van der Waals surface area (Å²) in [7, 11) is 0. The number of thiophene rings is 1. The van der Waals surface area contributed by atoms with Crippen LogP contribution in [0.25, 0.3) is 25.9 Å². The number of hydrogen-bond donors (Lipinski definition) is 4. The van der Waals surface area contributed by atoms with Gasteiger partial charge in [0.15, 0.2) is 5.82 Å². The molecule has 2 aliphatic heterocycles. The van der Waals surface area contributed by atoms with Gasteiger partial charge in [0.2, 0.25) is 29.5 Å². The molecule has 5 heterocycles. The van der Waals surface area contributed by atoms with E-state index in [1.165, 1.54) is 4.90 Å². The first-order chi connectivity index (χ1) is 36.8. The molecule has 410 valence electrons. The molecule has 7 rings (SSSR count). The van der Waals surface area contributed by atoms with Crippen LogP contribution in [0.1, 0.15) is 123 Å².